The molecule has 0 heterocycles. The zero-order valence-corrected chi connectivity index (χ0v) is 32.4. The molecule has 0 spiro atoms. The zero-order chi connectivity index (χ0) is 37.4. The van der Waals surface area contributed by atoms with Gasteiger partial charge in [-0.1, -0.05) is 54.1 Å². The van der Waals surface area contributed by atoms with Gasteiger partial charge in [0.15, 0.2) is 6.54 Å². The molecule has 2 atom stereocenters. The Morgan fingerprint density at radius 3 is 2.12 bits per heavy atom. The lowest BCUT2D eigenvalue weighted by molar-refractivity contribution is -0.896. The maximum atomic E-state index is 13.7. The topological polar surface area (TPSA) is 129 Å². The number of carbonyl (C=O) groups excluding carboxylic acids is 1. The molecule has 0 aliphatic heterocycles. The molecule has 11 heteroatoms. The van der Waals surface area contributed by atoms with E-state index in [9.17, 15) is 24.3 Å². The van der Waals surface area contributed by atoms with Crippen molar-refractivity contribution in [3.05, 3.63) is 94.5 Å². The van der Waals surface area contributed by atoms with Gasteiger partial charge in [-0.15, -0.1) is 0 Å². The van der Waals surface area contributed by atoms with E-state index in [0.29, 0.717) is 29.0 Å². The summed E-state index contributed by atoms with van der Waals surface area (Å²) in [5, 5.41) is 14.2. The van der Waals surface area contributed by atoms with Gasteiger partial charge in [-0.2, -0.15) is 0 Å². The van der Waals surface area contributed by atoms with Crippen LogP contribution in [0.2, 0.25) is 0 Å². The van der Waals surface area contributed by atoms with Crippen molar-refractivity contribution in [2.24, 2.45) is 0 Å². The summed E-state index contributed by atoms with van der Waals surface area (Å²) in [4.78, 5) is 35.3. The van der Waals surface area contributed by atoms with Gasteiger partial charge in [0.25, 0.3) is 0 Å². The average Bonchev–Trinajstić information content (AvgIpc) is 2.98. The van der Waals surface area contributed by atoms with Crippen molar-refractivity contribution in [3.63, 3.8) is 0 Å². The molecule has 0 bridgehead atoms. The third-order valence-electron chi connectivity index (χ3n) is 8.64. The van der Waals surface area contributed by atoms with Crippen LogP contribution >= 0.6 is 7.82 Å². The van der Waals surface area contributed by atoms with Crippen molar-refractivity contribution < 1.29 is 38.0 Å². The first-order valence-electron chi connectivity index (χ1n) is 17.4. The molecule has 50 heavy (non-hydrogen) atoms. The van der Waals surface area contributed by atoms with E-state index in [4.69, 9.17) is 9.26 Å². The fourth-order valence-electron chi connectivity index (χ4n) is 6.30. The van der Waals surface area contributed by atoms with Gasteiger partial charge in [-0.3, -0.25) is 14.7 Å². The van der Waals surface area contributed by atoms with E-state index in [1.807, 2.05) is 72.1 Å². The number of β-amino-alcohol motifs (C(OH)–C–C–N with tert-alkyl or cyclic N) is 1. The normalized spacial score (nSPS) is 13.9. The predicted molar refractivity (Wildman–Crippen MR) is 199 cm³/mol. The number of aliphatic hydroxyl groups is 1. The highest BCUT2D eigenvalue weighted by Crippen LogP contribution is 2.41. The van der Waals surface area contributed by atoms with Gasteiger partial charge in [0.05, 0.1) is 20.2 Å². The third kappa shape index (κ3) is 13.2. The molecule has 3 aromatic carbocycles. The maximum Gasteiger partial charge on any atom is 0.524 e. The second-order valence-electron chi connectivity index (χ2n) is 15.5. The Balaban J connectivity index is 1.89. The lowest BCUT2D eigenvalue weighted by Crippen LogP contribution is -2.44. The highest BCUT2D eigenvalue weighted by atomic mass is 31.2. The Morgan fingerprint density at radius 2 is 1.54 bits per heavy atom. The van der Waals surface area contributed by atoms with Crippen molar-refractivity contribution in [3.8, 4) is 11.5 Å². The molecule has 3 rings (SSSR count). The number of benzene rings is 3. The van der Waals surface area contributed by atoms with Crippen LogP contribution in [0.1, 0.15) is 94.7 Å². The maximum absolute atomic E-state index is 13.7. The van der Waals surface area contributed by atoms with Gasteiger partial charge >= 0.3 is 13.8 Å². The van der Waals surface area contributed by atoms with E-state index in [1.165, 1.54) is 6.07 Å². The molecule has 2 unspecified atom stereocenters. The molecule has 0 aliphatic carbocycles. The highest BCUT2D eigenvalue weighted by molar-refractivity contribution is 7.46. The number of nitrogens with zero attached hydrogens (tertiary/aromatic N) is 2. The van der Waals surface area contributed by atoms with Crippen LogP contribution in [-0.2, 0) is 15.9 Å². The molecule has 0 saturated carbocycles. The Morgan fingerprint density at radius 1 is 0.920 bits per heavy atom. The second-order valence-corrected chi connectivity index (χ2v) is 16.7. The average molecular weight is 713 g/mol. The van der Waals surface area contributed by atoms with Crippen molar-refractivity contribution in [2.45, 2.75) is 98.0 Å². The van der Waals surface area contributed by atoms with E-state index in [2.05, 4.69) is 56.1 Å². The predicted octanol–water partition coefficient (Wildman–Crippen LogP) is 6.71. The van der Waals surface area contributed by atoms with Crippen molar-refractivity contribution in [1.82, 2.24) is 10.2 Å². The first-order chi connectivity index (χ1) is 23.1. The number of aliphatic hydroxyl groups excluding tert-OH is 1. The SMILES string of the molecule is Cc1ccc(OC(=O)C[N+](C)(C)Cc2cc(C(O)CNC(C)(C)C)ccc2OP(=O)(O)O)c(C(CCN(C(C)C)C(C)C)c2ccccc2)c1. The summed E-state index contributed by atoms with van der Waals surface area (Å²) in [6.07, 6.45) is -0.0329. The minimum Gasteiger partial charge on any atom is -0.422 e. The van der Waals surface area contributed by atoms with Crippen LogP contribution in [0.25, 0.3) is 0 Å². The fourth-order valence-corrected chi connectivity index (χ4v) is 6.73. The lowest BCUT2D eigenvalue weighted by atomic mass is 9.86. The van der Waals surface area contributed by atoms with E-state index in [0.717, 1.165) is 29.7 Å². The molecule has 0 saturated heterocycles. The first-order valence-corrected chi connectivity index (χ1v) is 18.9. The largest absolute Gasteiger partial charge is 0.524 e. The number of hydrogen-bond acceptors (Lipinski definition) is 7. The summed E-state index contributed by atoms with van der Waals surface area (Å²) in [6.45, 7) is 18.2. The molecule has 276 valence electrons. The Hall–Kier alpha value is -3.08. The number of rotatable bonds is 17. The van der Waals surface area contributed by atoms with Crippen LogP contribution in [-0.4, -0.2) is 81.6 Å². The molecule has 0 fully saturated rings. The summed E-state index contributed by atoms with van der Waals surface area (Å²) in [7, 11) is -1.20. The standard InChI is InChI=1S/C39H58N3O7P/c1-27(2)41(28(3)4)21-20-33(30-14-12-11-13-15-30)34-22-29(5)16-18-37(34)48-38(44)26-42(9,10)25-32-23-31(35(43)24-40-39(6,7)8)17-19-36(32)49-50(45,46)47/h11-19,22-23,27-28,33,35,40,43H,20-21,24-26H2,1-10H3,(H-,45,46,47)/p+1. The molecular weight excluding hydrogens is 653 g/mol. The van der Waals surface area contributed by atoms with Gasteiger partial charge < -0.3 is 24.2 Å². The van der Waals surface area contributed by atoms with E-state index in [-0.39, 0.29) is 41.3 Å². The molecule has 0 amide bonds. The number of phosphoric acid groups is 1. The minimum absolute atomic E-state index is 0.00398. The highest BCUT2D eigenvalue weighted by Gasteiger charge is 2.29. The second kappa shape index (κ2) is 17.4. The van der Waals surface area contributed by atoms with Crippen molar-refractivity contribution in [2.75, 3.05) is 33.7 Å². The van der Waals surface area contributed by atoms with Crippen LogP contribution in [0.15, 0.2) is 66.7 Å². The van der Waals surface area contributed by atoms with E-state index < -0.39 is 19.9 Å². The van der Waals surface area contributed by atoms with Crippen LogP contribution in [0.3, 0.4) is 0 Å². The number of aryl methyl sites for hydroxylation is 1. The van der Waals surface area contributed by atoms with Gasteiger partial charge in [-0.05, 0) is 97.7 Å². The third-order valence-corrected chi connectivity index (χ3v) is 9.07. The Kier molecular flexibility index (Phi) is 14.4. The van der Waals surface area contributed by atoms with Crippen molar-refractivity contribution >= 4 is 13.8 Å². The number of esters is 1. The summed E-state index contributed by atoms with van der Waals surface area (Å²) in [5.41, 5.74) is 3.95. The number of quaternary nitrogens is 1. The molecule has 3 aromatic rings. The molecule has 0 aromatic heterocycles. The van der Waals surface area contributed by atoms with Crippen LogP contribution in [0, 0.1) is 6.92 Å². The van der Waals surface area contributed by atoms with E-state index >= 15 is 0 Å². The number of hydrogen-bond donors (Lipinski definition) is 4. The number of nitrogens with one attached hydrogen (secondary N) is 1. The van der Waals surface area contributed by atoms with Crippen LogP contribution in [0.4, 0.5) is 0 Å². The monoisotopic (exact) mass is 712 g/mol. The molecular formula is C39H59N3O7P+. The summed E-state index contributed by atoms with van der Waals surface area (Å²) < 4.78 is 23.1. The molecule has 4 N–H and O–H groups in total. The Bertz CT molecular complexity index is 1590. The zero-order valence-electron chi connectivity index (χ0n) is 31.5. The number of phosphoric ester groups is 1. The lowest BCUT2D eigenvalue weighted by Gasteiger charge is -2.32. The summed E-state index contributed by atoms with van der Waals surface area (Å²) in [5.74, 6) is 0.0507. The summed E-state index contributed by atoms with van der Waals surface area (Å²) in [6, 6.07) is 21.7. The molecule has 10 nitrogen and oxygen atoms in total. The Labute approximate surface area is 299 Å². The van der Waals surface area contributed by atoms with Gasteiger partial charge in [-0.25, -0.2) is 9.36 Å². The van der Waals surface area contributed by atoms with Crippen LogP contribution < -0.4 is 14.6 Å². The minimum atomic E-state index is -4.87. The summed E-state index contributed by atoms with van der Waals surface area (Å²) >= 11 is 0. The van der Waals surface area contributed by atoms with E-state index in [1.54, 1.807) is 12.1 Å². The smallest absolute Gasteiger partial charge is 0.422 e. The van der Waals surface area contributed by atoms with Gasteiger partial charge in [0.1, 0.15) is 18.0 Å². The molecule has 0 radical (unpaired) electrons. The fraction of sp³-hybridized carbons (Fsp3) is 0.513. The number of carbonyl (C=O) groups is 1. The number of ether oxygens (including phenoxy) is 1. The van der Waals surface area contributed by atoms with Crippen molar-refractivity contribution in [1.29, 1.82) is 0 Å². The van der Waals surface area contributed by atoms with Gasteiger partial charge in [0, 0.05) is 41.2 Å². The number of likely N-dealkylation sites (N-methyl/N-ethyl adjacent to an activating group) is 1. The molecule has 0 aliphatic rings. The quantitative estimate of drug-likeness (QED) is 0.0523. The first kappa shape index (κ1) is 41.3. The van der Waals surface area contributed by atoms with Gasteiger partial charge in [0.2, 0.25) is 0 Å². The van der Waals surface area contributed by atoms with Crippen LogP contribution in [0.5, 0.6) is 11.5 Å².